The number of aromatic nitrogens is 1. The zero-order valence-electron chi connectivity index (χ0n) is 9.07. The molecule has 0 saturated heterocycles. The molecule has 0 bridgehead atoms. The van der Waals surface area contributed by atoms with Crippen molar-refractivity contribution in [3.8, 4) is 0 Å². The first-order valence-electron chi connectivity index (χ1n) is 5.25. The van der Waals surface area contributed by atoms with E-state index in [1.54, 1.807) is 23.6 Å². The van der Waals surface area contributed by atoms with E-state index in [-0.39, 0.29) is 6.04 Å². The molecule has 2 aromatic rings. The lowest BCUT2D eigenvalue weighted by Gasteiger charge is -2.12. The molecule has 0 radical (unpaired) electrons. The van der Waals surface area contributed by atoms with Gasteiger partial charge < -0.3 is 5.73 Å². The summed E-state index contributed by atoms with van der Waals surface area (Å²) in [6, 6.07) is 5.67. The summed E-state index contributed by atoms with van der Waals surface area (Å²) in [5.41, 5.74) is 6.79. The number of aryl methyl sites for hydroxylation is 1. The highest BCUT2D eigenvalue weighted by Crippen LogP contribution is 2.25. The monoisotopic (exact) mass is 286 g/mol. The van der Waals surface area contributed by atoms with Crippen molar-refractivity contribution in [1.29, 1.82) is 0 Å². The van der Waals surface area contributed by atoms with Crippen LogP contribution < -0.4 is 5.73 Å². The molecule has 2 heterocycles. The molecule has 17 heavy (non-hydrogen) atoms. The van der Waals surface area contributed by atoms with Crippen LogP contribution in [0.15, 0.2) is 29.8 Å². The third-order valence-corrected chi connectivity index (χ3v) is 3.91. The fourth-order valence-electron chi connectivity index (χ4n) is 1.59. The molecule has 0 aromatic carbocycles. The third-order valence-electron chi connectivity index (χ3n) is 2.47. The van der Waals surface area contributed by atoms with Crippen molar-refractivity contribution >= 4 is 34.5 Å². The Hall–Kier alpha value is -0.610. The highest BCUT2D eigenvalue weighted by atomic mass is 35.5. The molecule has 2 aromatic heterocycles. The Morgan fingerprint density at radius 1 is 1.41 bits per heavy atom. The van der Waals surface area contributed by atoms with E-state index in [0.29, 0.717) is 15.7 Å². The molecule has 0 aliphatic carbocycles. The van der Waals surface area contributed by atoms with Crippen molar-refractivity contribution in [3.63, 3.8) is 0 Å². The minimum Gasteiger partial charge on any atom is -0.323 e. The van der Waals surface area contributed by atoms with E-state index in [1.165, 1.54) is 4.88 Å². The second kappa shape index (κ2) is 5.83. The number of hydrogen-bond donors (Lipinski definition) is 1. The predicted molar refractivity (Wildman–Crippen MR) is 73.8 cm³/mol. The first kappa shape index (κ1) is 12.8. The number of thiophene rings is 1. The van der Waals surface area contributed by atoms with Crippen molar-refractivity contribution in [2.45, 2.75) is 18.9 Å². The summed E-state index contributed by atoms with van der Waals surface area (Å²) in [7, 11) is 0. The zero-order chi connectivity index (χ0) is 12.3. The fraction of sp³-hybridized carbons (Fsp3) is 0.250. The Morgan fingerprint density at radius 3 is 2.88 bits per heavy atom. The molecule has 2 nitrogen and oxygen atoms in total. The first-order chi connectivity index (χ1) is 8.16. The van der Waals surface area contributed by atoms with Crippen LogP contribution in [-0.2, 0) is 6.42 Å². The van der Waals surface area contributed by atoms with E-state index >= 15 is 0 Å². The molecule has 2 N–H and O–H groups in total. The van der Waals surface area contributed by atoms with Crippen LogP contribution in [0.25, 0.3) is 0 Å². The van der Waals surface area contributed by atoms with E-state index in [9.17, 15) is 0 Å². The van der Waals surface area contributed by atoms with Crippen molar-refractivity contribution in [2.75, 3.05) is 0 Å². The van der Waals surface area contributed by atoms with Gasteiger partial charge in [-0.3, -0.25) is 4.98 Å². The van der Waals surface area contributed by atoms with E-state index < -0.39 is 0 Å². The number of nitrogens with zero attached hydrogens (tertiary/aromatic N) is 1. The SMILES string of the molecule is NC(CCc1cccs1)c1ncc(Cl)cc1Cl. The topological polar surface area (TPSA) is 38.9 Å². The average molecular weight is 287 g/mol. The smallest absolute Gasteiger partial charge is 0.0758 e. The Kier molecular flexibility index (Phi) is 4.40. The number of rotatable bonds is 4. The third kappa shape index (κ3) is 3.42. The summed E-state index contributed by atoms with van der Waals surface area (Å²) in [6.45, 7) is 0. The maximum Gasteiger partial charge on any atom is 0.0758 e. The zero-order valence-corrected chi connectivity index (χ0v) is 11.4. The van der Waals surface area contributed by atoms with Gasteiger partial charge in [-0.2, -0.15) is 0 Å². The summed E-state index contributed by atoms with van der Waals surface area (Å²) in [5.74, 6) is 0. The van der Waals surface area contributed by atoms with Crippen LogP contribution in [0.5, 0.6) is 0 Å². The molecular formula is C12H12Cl2N2S. The highest BCUT2D eigenvalue weighted by molar-refractivity contribution is 7.09. The first-order valence-corrected chi connectivity index (χ1v) is 6.89. The Balaban J connectivity index is 2.01. The standard InChI is InChI=1S/C12H12Cl2N2S/c13-8-6-10(14)12(16-7-8)11(15)4-3-9-2-1-5-17-9/h1-2,5-7,11H,3-4,15H2. The van der Waals surface area contributed by atoms with Crippen molar-refractivity contribution in [2.24, 2.45) is 5.73 Å². The average Bonchev–Trinajstić information content (AvgIpc) is 2.78. The molecule has 5 heteroatoms. The van der Waals surface area contributed by atoms with Gasteiger partial charge in [-0.15, -0.1) is 11.3 Å². The van der Waals surface area contributed by atoms with Gasteiger partial charge >= 0.3 is 0 Å². The minimum atomic E-state index is -0.151. The van der Waals surface area contributed by atoms with Gasteiger partial charge in [0.2, 0.25) is 0 Å². The maximum absolute atomic E-state index is 6.08. The number of hydrogen-bond acceptors (Lipinski definition) is 3. The van der Waals surface area contributed by atoms with E-state index in [1.807, 2.05) is 6.07 Å². The van der Waals surface area contributed by atoms with Crippen LogP contribution in [0.1, 0.15) is 23.0 Å². The number of halogens is 2. The van der Waals surface area contributed by atoms with Crippen molar-refractivity contribution in [3.05, 3.63) is 50.4 Å². The van der Waals surface area contributed by atoms with Crippen LogP contribution >= 0.6 is 34.5 Å². The largest absolute Gasteiger partial charge is 0.323 e. The van der Waals surface area contributed by atoms with Crippen LogP contribution in [-0.4, -0.2) is 4.98 Å². The molecule has 0 amide bonds. The van der Waals surface area contributed by atoms with Gasteiger partial charge in [-0.05, 0) is 30.4 Å². The predicted octanol–water partition coefficient (Wildman–Crippen LogP) is 4.08. The Bertz CT molecular complexity index is 485. The molecule has 0 aliphatic heterocycles. The summed E-state index contributed by atoms with van der Waals surface area (Å²) in [4.78, 5) is 5.52. The molecule has 0 saturated carbocycles. The summed E-state index contributed by atoms with van der Waals surface area (Å²) >= 11 is 13.6. The summed E-state index contributed by atoms with van der Waals surface area (Å²) < 4.78 is 0. The lowest BCUT2D eigenvalue weighted by atomic mass is 10.1. The Labute approximate surface area is 114 Å². The molecule has 0 spiro atoms. The van der Waals surface area contributed by atoms with Crippen molar-refractivity contribution in [1.82, 2.24) is 4.98 Å². The summed E-state index contributed by atoms with van der Waals surface area (Å²) in [5, 5.41) is 3.13. The molecule has 0 fully saturated rings. The molecule has 0 aliphatic rings. The molecular weight excluding hydrogens is 275 g/mol. The van der Waals surface area contributed by atoms with Gasteiger partial charge in [0.1, 0.15) is 0 Å². The lowest BCUT2D eigenvalue weighted by molar-refractivity contribution is 0.637. The van der Waals surface area contributed by atoms with Gasteiger partial charge in [0.25, 0.3) is 0 Å². The maximum atomic E-state index is 6.08. The second-order valence-corrected chi connectivity index (χ2v) is 5.62. The molecule has 2 rings (SSSR count). The van der Waals surface area contributed by atoms with Gasteiger partial charge in [-0.1, -0.05) is 29.3 Å². The van der Waals surface area contributed by atoms with Gasteiger partial charge in [0, 0.05) is 17.1 Å². The normalized spacial score (nSPS) is 12.6. The van der Waals surface area contributed by atoms with Gasteiger partial charge in [0.05, 0.1) is 15.7 Å². The molecule has 1 atom stereocenters. The quantitative estimate of drug-likeness (QED) is 0.920. The summed E-state index contributed by atoms with van der Waals surface area (Å²) in [6.07, 6.45) is 3.35. The van der Waals surface area contributed by atoms with Crippen LogP contribution in [0, 0.1) is 0 Å². The van der Waals surface area contributed by atoms with Gasteiger partial charge in [-0.25, -0.2) is 0 Å². The molecule has 90 valence electrons. The van der Waals surface area contributed by atoms with Crippen molar-refractivity contribution < 1.29 is 0 Å². The van der Waals surface area contributed by atoms with Crippen LogP contribution in [0.3, 0.4) is 0 Å². The van der Waals surface area contributed by atoms with Crippen LogP contribution in [0.2, 0.25) is 10.0 Å². The van der Waals surface area contributed by atoms with E-state index in [0.717, 1.165) is 12.8 Å². The minimum absolute atomic E-state index is 0.151. The molecule has 1 unspecified atom stereocenters. The van der Waals surface area contributed by atoms with Crippen LogP contribution in [0.4, 0.5) is 0 Å². The Morgan fingerprint density at radius 2 is 2.24 bits per heavy atom. The second-order valence-electron chi connectivity index (χ2n) is 3.75. The lowest BCUT2D eigenvalue weighted by Crippen LogP contribution is -2.13. The fourth-order valence-corrected chi connectivity index (χ4v) is 2.83. The number of nitrogens with two attached hydrogens (primary N) is 1. The van der Waals surface area contributed by atoms with E-state index in [4.69, 9.17) is 28.9 Å². The highest BCUT2D eigenvalue weighted by Gasteiger charge is 2.12. The van der Waals surface area contributed by atoms with Gasteiger partial charge in [0.15, 0.2) is 0 Å². The van der Waals surface area contributed by atoms with E-state index in [2.05, 4.69) is 16.4 Å². The number of pyridine rings is 1.